The lowest BCUT2D eigenvalue weighted by Crippen LogP contribution is -2.41. The number of carbonyl (C=O) groups is 2. The van der Waals surface area contributed by atoms with Gasteiger partial charge in [0.1, 0.15) is 17.3 Å². The molecule has 0 aliphatic carbocycles. The molecule has 1 atom stereocenters. The third kappa shape index (κ3) is 2.76. The zero-order valence-corrected chi connectivity index (χ0v) is 12.7. The molecule has 7 heteroatoms. The summed E-state index contributed by atoms with van der Waals surface area (Å²) in [7, 11) is 0. The molecule has 1 aliphatic heterocycles. The molecule has 1 aromatic carbocycles. The lowest BCUT2D eigenvalue weighted by atomic mass is 10.2. The SMILES string of the molecule is O=C1CC[C@H](C(=O)NCc2cc(-c3cc4ccccc4o3)on2)N1. The second-order valence-corrected chi connectivity index (χ2v) is 5.71. The Bertz CT molecular complexity index is 878. The van der Waals surface area contributed by atoms with E-state index in [1.165, 1.54) is 0 Å². The molecular formula is C17H15N3O4. The summed E-state index contributed by atoms with van der Waals surface area (Å²) >= 11 is 0. The van der Waals surface area contributed by atoms with Gasteiger partial charge in [-0.3, -0.25) is 9.59 Å². The number of furan rings is 1. The van der Waals surface area contributed by atoms with Crippen LogP contribution in [0.3, 0.4) is 0 Å². The van der Waals surface area contributed by atoms with Gasteiger partial charge in [-0.2, -0.15) is 0 Å². The van der Waals surface area contributed by atoms with Gasteiger partial charge in [0, 0.05) is 17.9 Å². The van der Waals surface area contributed by atoms with Gasteiger partial charge in [-0.05, 0) is 18.6 Å². The van der Waals surface area contributed by atoms with Gasteiger partial charge in [-0.1, -0.05) is 23.4 Å². The van der Waals surface area contributed by atoms with Crippen molar-refractivity contribution in [3.8, 4) is 11.5 Å². The largest absolute Gasteiger partial charge is 0.453 e. The molecule has 0 saturated carbocycles. The van der Waals surface area contributed by atoms with Crippen LogP contribution in [0.1, 0.15) is 18.5 Å². The van der Waals surface area contributed by atoms with Crippen LogP contribution < -0.4 is 10.6 Å². The maximum absolute atomic E-state index is 12.0. The number of aromatic nitrogens is 1. The lowest BCUT2D eigenvalue weighted by Gasteiger charge is -2.09. The predicted octanol–water partition coefficient (Wildman–Crippen LogP) is 1.98. The minimum Gasteiger partial charge on any atom is -0.453 e. The topological polar surface area (TPSA) is 97.4 Å². The molecule has 0 bridgehead atoms. The Balaban J connectivity index is 1.43. The first kappa shape index (κ1) is 14.5. The van der Waals surface area contributed by atoms with Gasteiger partial charge in [0.05, 0.1) is 6.54 Å². The van der Waals surface area contributed by atoms with E-state index in [1.54, 1.807) is 6.07 Å². The molecule has 122 valence electrons. The molecule has 0 radical (unpaired) electrons. The van der Waals surface area contributed by atoms with Crippen molar-refractivity contribution < 1.29 is 18.5 Å². The number of benzene rings is 1. The van der Waals surface area contributed by atoms with Crippen LogP contribution in [0.5, 0.6) is 0 Å². The Morgan fingerprint density at radius 2 is 2.17 bits per heavy atom. The Hall–Kier alpha value is -3.09. The van der Waals surface area contributed by atoms with Crippen molar-refractivity contribution in [2.24, 2.45) is 0 Å². The van der Waals surface area contributed by atoms with Gasteiger partial charge in [0.2, 0.25) is 17.6 Å². The van der Waals surface area contributed by atoms with Crippen molar-refractivity contribution in [3.05, 3.63) is 42.1 Å². The van der Waals surface area contributed by atoms with Crippen molar-refractivity contribution in [1.29, 1.82) is 0 Å². The van der Waals surface area contributed by atoms with Gasteiger partial charge < -0.3 is 19.6 Å². The fourth-order valence-corrected chi connectivity index (χ4v) is 2.73. The van der Waals surface area contributed by atoms with E-state index in [9.17, 15) is 9.59 Å². The Morgan fingerprint density at radius 1 is 1.29 bits per heavy atom. The quantitative estimate of drug-likeness (QED) is 0.764. The fourth-order valence-electron chi connectivity index (χ4n) is 2.73. The number of carbonyl (C=O) groups excluding carboxylic acids is 2. The van der Waals surface area contributed by atoms with Crippen molar-refractivity contribution in [3.63, 3.8) is 0 Å². The summed E-state index contributed by atoms with van der Waals surface area (Å²) in [5, 5.41) is 10.3. The van der Waals surface area contributed by atoms with Gasteiger partial charge >= 0.3 is 0 Å². The molecule has 2 N–H and O–H groups in total. The highest BCUT2D eigenvalue weighted by atomic mass is 16.5. The zero-order valence-electron chi connectivity index (χ0n) is 12.7. The van der Waals surface area contributed by atoms with Gasteiger partial charge in [-0.15, -0.1) is 0 Å². The van der Waals surface area contributed by atoms with E-state index in [2.05, 4.69) is 15.8 Å². The monoisotopic (exact) mass is 325 g/mol. The van der Waals surface area contributed by atoms with Crippen LogP contribution in [0.2, 0.25) is 0 Å². The minimum absolute atomic E-state index is 0.0937. The second-order valence-electron chi connectivity index (χ2n) is 5.71. The standard InChI is InChI=1S/C17H15N3O4/c21-16-6-5-12(19-16)17(22)18-9-11-8-15(24-20-11)14-7-10-3-1-2-4-13(10)23-14/h1-4,7-8,12H,5-6,9H2,(H,18,22)(H,19,21)/t12-/m1/s1. The molecule has 1 fully saturated rings. The Morgan fingerprint density at radius 3 is 2.96 bits per heavy atom. The first-order valence-corrected chi connectivity index (χ1v) is 7.71. The average molecular weight is 325 g/mol. The second kappa shape index (κ2) is 5.84. The maximum atomic E-state index is 12.0. The van der Waals surface area contributed by atoms with E-state index < -0.39 is 6.04 Å². The van der Waals surface area contributed by atoms with Crippen molar-refractivity contribution in [2.45, 2.75) is 25.4 Å². The van der Waals surface area contributed by atoms with E-state index in [4.69, 9.17) is 8.94 Å². The Labute approximate surface area is 137 Å². The number of nitrogens with one attached hydrogen (secondary N) is 2. The maximum Gasteiger partial charge on any atom is 0.242 e. The first-order chi connectivity index (χ1) is 11.7. The van der Waals surface area contributed by atoms with Crippen LogP contribution in [0, 0.1) is 0 Å². The summed E-state index contributed by atoms with van der Waals surface area (Å²) in [4.78, 5) is 23.1. The number of nitrogens with zero attached hydrogens (tertiary/aromatic N) is 1. The highest BCUT2D eigenvalue weighted by molar-refractivity contribution is 5.90. The highest BCUT2D eigenvalue weighted by Gasteiger charge is 2.27. The number of fused-ring (bicyclic) bond motifs is 1. The minimum atomic E-state index is -0.459. The molecular weight excluding hydrogens is 310 g/mol. The molecule has 2 aromatic heterocycles. The van der Waals surface area contributed by atoms with Crippen LogP contribution in [0.15, 0.2) is 45.3 Å². The molecule has 0 spiro atoms. The first-order valence-electron chi connectivity index (χ1n) is 7.71. The van der Waals surface area contributed by atoms with Gasteiger partial charge in [0.25, 0.3) is 0 Å². The molecule has 3 heterocycles. The molecule has 1 saturated heterocycles. The Kier molecular flexibility index (Phi) is 3.53. The highest BCUT2D eigenvalue weighted by Crippen LogP contribution is 2.28. The molecule has 1 aliphatic rings. The molecule has 4 rings (SSSR count). The van der Waals surface area contributed by atoms with Crippen molar-refractivity contribution in [2.75, 3.05) is 0 Å². The summed E-state index contributed by atoms with van der Waals surface area (Å²) in [5.41, 5.74) is 1.36. The fraction of sp³-hybridized carbons (Fsp3) is 0.235. The third-order valence-corrected chi connectivity index (χ3v) is 3.98. The lowest BCUT2D eigenvalue weighted by molar-refractivity contribution is -0.125. The number of rotatable bonds is 4. The third-order valence-electron chi connectivity index (χ3n) is 3.98. The van der Waals surface area contributed by atoms with E-state index in [0.29, 0.717) is 30.1 Å². The summed E-state index contributed by atoms with van der Waals surface area (Å²) in [5.74, 6) is 0.784. The molecule has 3 aromatic rings. The average Bonchev–Trinajstić information content (AvgIpc) is 3.31. The molecule has 0 unspecified atom stereocenters. The summed E-state index contributed by atoms with van der Waals surface area (Å²) in [6.45, 7) is 0.231. The van der Waals surface area contributed by atoms with Crippen LogP contribution >= 0.6 is 0 Å². The van der Waals surface area contributed by atoms with Gasteiger partial charge in [0.15, 0.2) is 5.76 Å². The van der Waals surface area contributed by atoms with Crippen molar-refractivity contribution >= 4 is 22.8 Å². The summed E-state index contributed by atoms with van der Waals surface area (Å²) in [6, 6.07) is 10.8. The number of para-hydroxylation sites is 1. The number of hydrogen-bond donors (Lipinski definition) is 2. The molecule has 24 heavy (non-hydrogen) atoms. The predicted molar refractivity (Wildman–Crippen MR) is 84.7 cm³/mol. The zero-order chi connectivity index (χ0) is 16.5. The van der Waals surface area contributed by atoms with Crippen LogP contribution in [0.4, 0.5) is 0 Å². The smallest absolute Gasteiger partial charge is 0.242 e. The van der Waals surface area contributed by atoms with Gasteiger partial charge in [-0.25, -0.2) is 0 Å². The van der Waals surface area contributed by atoms with E-state index in [-0.39, 0.29) is 18.4 Å². The number of hydrogen-bond acceptors (Lipinski definition) is 5. The van der Waals surface area contributed by atoms with E-state index in [0.717, 1.165) is 11.0 Å². The van der Waals surface area contributed by atoms with E-state index >= 15 is 0 Å². The van der Waals surface area contributed by atoms with E-state index in [1.807, 2.05) is 30.3 Å². The van der Waals surface area contributed by atoms with Crippen LogP contribution in [-0.2, 0) is 16.1 Å². The number of amides is 2. The van der Waals surface area contributed by atoms with Crippen molar-refractivity contribution in [1.82, 2.24) is 15.8 Å². The normalized spacial score (nSPS) is 17.2. The molecule has 2 amide bonds. The van der Waals surface area contributed by atoms with Crippen LogP contribution in [0.25, 0.3) is 22.5 Å². The van der Waals surface area contributed by atoms with Crippen LogP contribution in [-0.4, -0.2) is 23.0 Å². The summed E-state index contributed by atoms with van der Waals surface area (Å²) < 4.78 is 11.0. The molecule has 7 nitrogen and oxygen atoms in total. The summed E-state index contributed by atoms with van der Waals surface area (Å²) in [6.07, 6.45) is 0.909.